The molecule has 1 heterocycles. The second-order valence-electron chi connectivity index (χ2n) is 4.97. The smallest absolute Gasteiger partial charge is 0.251 e. The Morgan fingerprint density at radius 2 is 1.71 bits per heavy atom. The highest BCUT2D eigenvalue weighted by Crippen LogP contribution is 2.06. The Hall–Kier alpha value is -1.61. The predicted molar refractivity (Wildman–Crippen MR) is 111 cm³/mol. The van der Waals surface area contributed by atoms with Crippen LogP contribution in [0.3, 0.4) is 0 Å². The summed E-state index contributed by atoms with van der Waals surface area (Å²) in [6.45, 7) is 3.94. The quantitative estimate of drug-likeness (QED) is 0.354. The van der Waals surface area contributed by atoms with Crippen molar-refractivity contribution in [3.63, 3.8) is 0 Å². The average molecular weight is 458 g/mol. The van der Waals surface area contributed by atoms with Gasteiger partial charge in [-0.25, -0.2) is 0 Å². The van der Waals surface area contributed by atoms with Gasteiger partial charge >= 0.3 is 0 Å². The first-order valence-corrected chi connectivity index (χ1v) is 8.50. The Morgan fingerprint density at radius 1 is 1.04 bits per heavy atom. The molecule has 0 saturated heterocycles. The molecular weight excluding hydrogens is 435 g/mol. The van der Waals surface area contributed by atoms with E-state index in [1.807, 2.05) is 31.2 Å². The van der Waals surface area contributed by atoms with Crippen molar-refractivity contribution in [3.05, 3.63) is 57.8 Å². The number of guanidine groups is 1. The number of halogens is 1. The topological polar surface area (TPSA) is 65.5 Å². The normalized spacial score (nSPS) is 10.7. The summed E-state index contributed by atoms with van der Waals surface area (Å²) in [5.74, 6) is 0.712. The lowest BCUT2D eigenvalue weighted by Gasteiger charge is -2.11. The van der Waals surface area contributed by atoms with Gasteiger partial charge in [-0.1, -0.05) is 12.1 Å². The van der Waals surface area contributed by atoms with Gasteiger partial charge in [-0.2, -0.15) is 11.3 Å². The zero-order chi connectivity index (χ0) is 16.5. The number of thiophene rings is 1. The third-order valence-electron chi connectivity index (χ3n) is 3.28. The Kier molecular flexibility index (Phi) is 9.39. The number of carbonyl (C=O) groups is 1. The maximum absolute atomic E-state index is 11.7. The van der Waals surface area contributed by atoms with Crippen LogP contribution in [-0.2, 0) is 13.1 Å². The van der Waals surface area contributed by atoms with Crippen molar-refractivity contribution in [2.45, 2.75) is 20.0 Å². The van der Waals surface area contributed by atoms with E-state index >= 15 is 0 Å². The molecule has 0 saturated carbocycles. The minimum atomic E-state index is -0.0414. The fourth-order valence-electron chi connectivity index (χ4n) is 2.02. The van der Waals surface area contributed by atoms with Crippen LogP contribution in [0.5, 0.6) is 0 Å². The molecule has 2 aromatic rings. The zero-order valence-corrected chi connectivity index (χ0v) is 17.0. The maximum atomic E-state index is 11.7. The van der Waals surface area contributed by atoms with E-state index in [9.17, 15) is 4.79 Å². The van der Waals surface area contributed by atoms with Gasteiger partial charge in [-0.05, 0) is 47.0 Å². The van der Waals surface area contributed by atoms with Gasteiger partial charge in [-0.15, -0.1) is 24.0 Å². The zero-order valence-electron chi connectivity index (χ0n) is 13.8. The average Bonchev–Trinajstić information content (AvgIpc) is 3.09. The van der Waals surface area contributed by atoms with Gasteiger partial charge in [0.2, 0.25) is 0 Å². The van der Waals surface area contributed by atoms with Crippen LogP contribution in [0.2, 0.25) is 0 Å². The first-order valence-electron chi connectivity index (χ1n) is 7.55. The number of carbonyl (C=O) groups excluding carboxylic acids is 1. The van der Waals surface area contributed by atoms with E-state index in [4.69, 9.17) is 0 Å². The van der Waals surface area contributed by atoms with E-state index in [-0.39, 0.29) is 29.9 Å². The fourth-order valence-corrected chi connectivity index (χ4v) is 2.69. The minimum Gasteiger partial charge on any atom is -0.352 e. The second kappa shape index (κ2) is 11.0. The highest BCUT2D eigenvalue weighted by molar-refractivity contribution is 14.0. The molecule has 0 atom stereocenters. The third-order valence-corrected chi connectivity index (χ3v) is 4.01. The van der Waals surface area contributed by atoms with Crippen LogP contribution in [0.4, 0.5) is 0 Å². The summed E-state index contributed by atoms with van der Waals surface area (Å²) >= 11 is 1.68. The monoisotopic (exact) mass is 458 g/mol. The van der Waals surface area contributed by atoms with Crippen molar-refractivity contribution in [2.75, 3.05) is 13.6 Å². The Balaban J connectivity index is 0.00000288. The molecule has 5 nitrogen and oxygen atoms in total. The van der Waals surface area contributed by atoms with Crippen LogP contribution in [-0.4, -0.2) is 25.5 Å². The van der Waals surface area contributed by atoms with Crippen LogP contribution in [0.15, 0.2) is 46.1 Å². The van der Waals surface area contributed by atoms with E-state index in [1.165, 1.54) is 5.56 Å². The second-order valence-corrected chi connectivity index (χ2v) is 5.75. The number of hydrogen-bond donors (Lipinski definition) is 3. The van der Waals surface area contributed by atoms with E-state index in [2.05, 4.69) is 37.8 Å². The Bertz CT molecular complexity index is 641. The summed E-state index contributed by atoms with van der Waals surface area (Å²) in [6, 6.07) is 9.66. The molecule has 0 unspecified atom stereocenters. The minimum absolute atomic E-state index is 0. The van der Waals surface area contributed by atoms with Crippen molar-refractivity contribution < 1.29 is 4.79 Å². The number of rotatable bonds is 6. The van der Waals surface area contributed by atoms with Crippen LogP contribution < -0.4 is 16.0 Å². The molecule has 0 aliphatic heterocycles. The summed E-state index contributed by atoms with van der Waals surface area (Å²) in [6.07, 6.45) is 0. The van der Waals surface area contributed by atoms with Gasteiger partial charge in [-0.3, -0.25) is 9.79 Å². The van der Waals surface area contributed by atoms with Crippen LogP contribution >= 0.6 is 35.3 Å². The molecule has 1 amide bonds. The van der Waals surface area contributed by atoms with Crippen molar-refractivity contribution in [1.29, 1.82) is 0 Å². The van der Waals surface area contributed by atoms with Gasteiger partial charge in [0.05, 0.1) is 0 Å². The van der Waals surface area contributed by atoms with E-state index in [0.717, 1.165) is 18.1 Å². The molecule has 7 heteroatoms. The summed E-state index contributed by atoms with van der Waals surface area (Å²) in [5.41, 5.74) is 3.01. The predicted octanol–water partition coefficient (Wildman–Crippen LogP) is 2.98. The van der Waals surface area contributed by atoms with Crippen molar-refractivity contribution in [1.82, 2.24) is 16.0 Å². The van der Waals surface area contributed by atoms with E-state index < -0.39 is 0 Å². The van der Waals surface area contributed by atoms with Gasteiger partial charge in [0.15, 0.2) is 5.96 Å². The molecule has 3 N–H and O–H groups in total. The number of hydrogen-bond acceptors (Lipinski definition) is 3. The number of amides is 1. The lowest BCUT2D eigenvalue weighted by molar-refractivity contribution is 0.0956. The first kappa shape index (κ1) is 20.4. The fraction of sp³-hybridized carbons (Fsp3) is 0.294. The first-order chi connectivity index (χ1) is 11.2. The number of aliphatic imine (C=N–C) groups is 1. The highest BCUT2D eigenvalue weighted by atomic mass is 127. The van der Waals surface area contributed by atoms with Gasteiger partial charge < -0.3 is 16.0 Å². The van der Waals surface area contributed by atoms with Crippen molar-refractivity contribution in [2.24, 2.45) is 4.99 Å². The lowest BCUT2D eigenvalue weighted by Crippen LogP contribution is -2.36. The van der Waals surface area contributed by atoms with Gasteiger partial charge in [0.1, 0.15) is 0 Å². The maximum Gasteiger partial charge on any atom is 0.251 e. The van der Waals surface area contributed by atoms with Crippen molar-refractivity contribution in [3.8, 4) is 0 Å². The molecule has 24 heavy (non-hydrogen) atoms. The lowest BCUT2D eigenvalue weighted by atomic mass is 10.1. The van der Waals surface area contributed by atoms with Crippen LogP contribution in [0.1, 0.15) is 28.4 Å². The van der Waals surface area contributed by atoms with Crippen LogP contribution in [0, 0.1) is 0 Å². The van der Waals surface area contributed by atoms with E-state index in [1.54, 1.807) is 18.4 Å². The highest BCUT2D eigenvalue weighted by Gasteiger charge is 2.04. The summed E-state index contributed by atoms with van der Waals surface area (Å²) in [5, 5.41) is 13.5. The molecule has 1 aromatic heterocycles. The van der Waals surface area contributed by atoms with Gasteiger partial charge in [0, 0.05) is 32.2 Å². The standard InChI is InChI=1S/C17H22N4OS.HI/c1-3-19-16(22)15-6-4-13(5-7-15)10-20-17(18-2)21-11-14-8-9-23-12-14;/h4-9,12H,3,10-11H2,1-2H3,(H,19,22)(H2,18,20,21);1H. The molecule has 0 aliphatic rings. The SMILES string of the molecule is CCNC(=O)c1ccc(CNC(=NC)NCc2ccsc2)cc1.I. The van der Waals surface area contributed by atoms with Gasteiger partial charge in [0.25, 0.3) is 5.91 Å². The molecule has 2 rings (SSSR count). The molecule has 0 spiro atoms. The molecule has 0 fully saturated rings. The van der Waals surface area contributed by atoms with Crippen molar-refractivity contribution >= 4 is 47.2 Å². The van der Waals surface area contributed by atoms with E-state index in [0.29, 0.717) is 18.7 Å². The number of benzene rings is 1. The number of nitrogens with one attached hydrogen (secondary N) is 3. The molecular formula is C17H23IN4OS. The largest absolute Gasteiger partial charge is 0.352 e. The third kappa shape index (κ3) is 6.48. The summed E-state index contributed by atoms with van der Waals surface area (Å²) in [4.78, 5) is 15.9. The molecule has 0 bridgehead atoms. The summed E-state index contributed by atoms with van der Waals surface area (Å²) < 4.78 is 0. The Labute approximate surface area is 164 Å². The number of nitrogens with zero attached hydrogens (tertiary/aromatic N) is 1. The summed E-state index contributed by atoms with van der Waals surface area (Å²) in [7, 11) is 1.75. The molecule has 130 valence electrons. The molecule has 0 radical (unpaired) electrons. The van der Waals surface area contributed by atoms with Crippen LogP contribution in [0.25, 0.3) is 0 Å². The molecule has 1 aromatic carbocycles. The Morgan fingerprint density at radius 3 is 2.25 bits per heavy atom. The molecule has 0 aliphatic carbocycles.